The highest BCUT2D eigenvalue weighted by Crippen LogP contribution is 2.45. The zero-order valence-electron chi connectivity index (χ0n) is 6.81. The number of thiol groups is 1. The van der Waals surface area contributed by atoms with Gasteiger partial charge in [0.2, 0.25) is 5.88 Å². The molecule has 0 spiro atoms. The molecule has 0 bridgehead atoms. The van der Waals surface area contributed by atoms with Crippen LogP contribution in [0.4, 0.5) is 0 Å². The van der Waals surface area contributed by atoms with E-state index in [9.17, 15) is 0 Å². The fourth-order valence-corrected chi connectivity index (χ4v) is 1.56. The fraction of sp³-hybridized carbons (Fsp3) is 0.500. The average molecular weight is 192 g/mol. The van der Waals surface area contributed by atoms with Crippen LogP contribution in [0.15, 0.2) is 12.3 Å². The van der Waals surface area contributed by atoms with Crippen LogP contribution in [-0.2, 0) is 0 Å². The van der Waals surface area contributed by atoms with Crippen molar-refractivity contribution in [2.24, 2.45) is 0 Å². The van der Waals surface area contributed by atoms with Crippen LogP contribution in [0.1, 0.15) is 0 Å². The summed E-state index contributed by atoms with van der Waals surface area (Å²) in [4.78, 5) is 0. The van der Waals surface area contributed by atoms with Gasteiger partial charge in [0.05, 0.1) is 7.11 Å². The summed E-state index contributed by atoms with van der Waals surface area (Å²) >= 11 is 4.42. The lowest BCUT2D eigenvalue weighted by atomic mass is 10.7. The van der Waals surface area contributed by atoms with Gasteiger partial charge in [0.1, 0.15) is 0 Å². The maximum Gasteiger partial charge on any atom is 0.233 e. The topological polar surface area (TPSA) is 27.1 Å². The summed E-state index contributed by atoms with van der Waals surface area (Å²) in [5.41, 5.74) is 0. The number of rotatable bonds is 2. The van der Waals surface area contributed by atoms with E-state index in [0.29, 0.717) is 5.88 Å². The van der Waals surface area contributed by atoms with Crippen LogP contribution in [0, 0.1) is 0 Å². The fourth-order valence-electron chi connectivity index (χ4n) is 0.649. The second kappa shape index (κ2) is 2.98. The average Bonchev–Trinajstić information content (AvgIpc) is 2.32. The molecule has 5 heteroatoms. The molecule has 1 aromatic heterocycles. The molecule has 1 rings (SSSR count). The predicted molar refractivity (Wildman–Crippen MR) is 52.6 cm³/mol. The number of nitrogens with zero attached hydrogens (tertiary/aromatic N) is 2. The van der Waals surface area contributed by atoms with Gasteiger partial charge in [-0.25, -0.2) is 4.09 Å². The van der Waals surface area contributed by atoms with Crippen molar-refractivity contribution in [1.29, 1.82) is 0 Å². The second-order valence-electron chi connectivity index (χ2n) is 2.48. The Labute approximate surface area is 73.0 Å². The highest BCUT2D eigenvalue weighted by molar-refractivity contribution is 8.86. The third-order valence-electron chi connectivity index (χ3n) is 1.21. The largest absolute Gasteiger partial charge is 0.480 e. The second-order valence-corrected chi connectivity index (χ2v) is 7.98. The van der Waals surface area contributed by atoms with E-state index in [1.165, 1.54) is 0 Å². The van der Waals surface area contributed by atoms with E-state index in [0.717, 1.165) is 0 Å². The Morgan fingerprint density at radius 1 is 1.64 bits per heavy atom. The quantitative estimate of drug-likeness (QED) is 0.569. The lowest BCUT2D eigenvalue weighted by Gasteiger charge is -2.23. The van der Waals surface area contributed by atoms with Gasteiger partial charge < -0.3 is 4.74 Å². The summed E-state index contributed by atoms with van der Waals surface area (Å²) in [5.74, 6) is 0.639. The van der Waals surface area contributed by atoms with Crippen LogP contribution in [0.5, 0.6) is 5.88 Å². The minimum Gasteiger partial charge on any atom is -0.480 e. The lowest BCUT2D eigenvalue weighted by Crippen LogP contribution is -2.01. The molecule has 0 fully saturated rings. The van der Waals surface area contributed by atoms with Crippen LogP contribution in [-0.4, -0.2) is 28.8 Å². The normalized spacial score (nSPS) is 13.1. The van der Waals surface area contributed by atoms with E-state index in [4.69, 9.17) is 4.74 Å². The number of hydrogen-bond acceptors (Lipinski definition) is 3. The van der Waals surface area contributed by atoms with Gasteiger partial charge in [0.15, 0.2) is 0 Å². The van der Waals surface area contributed by atoms with Crippen molar-refractivity contribution in [2.45, 2.75) is 0 Å². The summed E-state index contributed by atoms with van der Waals surface area (Å²) in [5, 5.41) is 4.16. The molecule has 0 atom stereocenters. The van der Waals surface area contributed by atoms with Crippen LogP contribution < -0.4 is 4.74 Å². The Hall–Kier alpha value is -0.290. The first kappa shape index (κ1) is 8.80. The van der Waals surface area contributed by atoms with Crippen molar-refractivity contribution in [3.05, 3.63) is 12.3 Å². The van der Waals surface area contributed by atoms with Crippen molar-refractivity contribution < 1.29 is 4.74 Å². The van der Waals surface area contributed by atoms with Crippen LogP contribution >= 0.6 is 20.9 Å². The Bertz CT molecular complexity index is 241. The van der Waals surface area contributed by atoms with Gasteiger partial charge in [-0.05, 0) is 12.5 Å². The maximum atomic E-state index is 4.94. The molecule has 0 unspecified atom stereocenters. The molecule has 0 N–H and O–H groups in total. The van der Waals surface area contributed by atoms with Crippen molar-refractivity contribution in [3.63, 3.8) is 0 Å². The summed E-state index contributed by atoms with van der Waals surface area (Å²) in [6.45, 7) is 0. The highest BCUT2D eigenvalue weighted by Gasteiger charge is 2.09. The molecule has 0 radical (unpaired) electrons. The van der Waals surface area contributed by atoms with E-state index in [1.54, 1.807) is 7.11 Å². The van der Waals surface area contributed by atoms with Gasteiger partial charge in [-0.1, -0.05) is 0 Å². The van der Waals surface area contributed by atoms with Crippen molar-refractivity contribution in [1.82, 2.24) is 9.19 Å². The van der Waals surface area contributed by atoms with Crippen molar-refractivity contribution in [2.75, 3.05) is 19.6 Å². The smallest absolute Gasteiger partial charge is 0.233 e. The molecular weight excluding hydrogens is 180 g/mol. The first-order chi connectivity index (χ1) is 5.04. The first-order valence-electron chi connectivity index (χ1n) is 3.10. The highest BCUT2D eigenvalue weighted by atomic mass is 33.1. The van der Waals surface area contributed by atoms with Gasteiger partial charge in [-0.15, -0.1) is 26.0 Å². The van der Waals surface area contributed by atoms with Gasteiger partial charge in [-0.3, -0.25) is 0 Å². The van der Waals surface area contributed by atoms with E-state index in [1.807, 2.05) is 28.9 Å². The Balaban J connectivity index is 2.89. The molecule has 0 aliphatic carbocycles. The molecule has 3 nitrogen and oxygen atoms in total. The summed E-state index contributed by atoms with van der Waals surface area (Å²) < 4.78 is 6.77. The Kier molecular flexibility index (Phi) is 2.39. The van der Waals surface area contributed by atoms with E-state index in [-0.39, 0.29) is 0 Å². The summed E-state index contributed by atoms with van der Waals surface area (Å²) in [6, 6.07) is 1.82. The maximum absolute atomic E-state index is 4.94. The van der Waals surface area contributed by atoms with Crippen molar-refractivity contribution >= 4 is 20.9 Å². The molecule has 0 aliphatic rings. The molecule has 0 saturated heterocycles. The zero-order chi connectivity index (χ0) is 8.48. The summed E-state index contributed by atoms with van der Waals surface area (Å²) in [6.07, 6.45) is 5.96. The number of aromatic nitrogens is 2. The van der Waals surface area contributed by atoms with Gasteiger partial charge >= 0.3 is 0 Å². The van der Waals surface area contributed by atoms with Crippen LogP contribution in [0.2, 0.25) is 0 Å². The Morgan fingerprint density at radius 2 is 2.27 bits per heavy atom. The van der Waals surface area contributed by atoms with Crippen LogP contribution in [0.3, 0.4) is 0 Å². The van der Waals surface area contributed by atoms with Crippen LogP contribution in [0.25, 0.3) is 0 Å². The molecule has 11 heavy (non-hydrogen) atoms. The van der Waals surface area contributed by atoms with E-state index < -0.39 is 9.25 Å². The molecule has 0 aliphatic heterocycles. The summed E-state index contributed by atoms with van der Waals surface area (Å²) in [7, 11) is 0.533. The minimum absolute atomic E-state index is 0.639. The number of ether oxygens (including phenoxy) is 1. The SMILES string of the molecule is COc1ccn(S(C)(C)S)n1. The van der Waals surface area contributed by atoms with E-state index in [2.05, 4.69) is 16.8 Å². The molecule has 0 aromatic carbocycles. The van der Waals surface area contributed by atoms with Gasteiger partial charge in [0, 0.05) is 12.3 Å². The van der Waals surface area contributed by atoms with Gasteiger partial charge in [-0.2, -0.15) is 0 Å². The first-order valence-corrected chi connectivity index (χ1v) is 6.56. The number of hydrogen-bond donors (Lipinski definition) is 1. The zero-order valence-corrected chi connectivity index (χ0v) is 8.52. The molecule has 0 saturated carbocycles. The molecule has 1 aromatic rings. The molecule has 64 valence electrons. The Morgan fingerprint density at radius 3 is 2.55 bits per heavy atom. The monoisotopic (exact) mass is 192 g/mol. The van der Waals surface area contributed by atoms with Gasteiger partial charge in [0.25, 0.3) is 0 Å². The minimum atomic E-state index is -1.07. The van der Waals surface area contributed by atoms with Crippen molar-refractivity contribution in [3.8, 4) is 5.88 Å². The predicted octanol–water partition coefficient (Wildman–Crippen LogP) is 1.56. The molecule has 0 amide bonds. The standard InChI is InChI=1S/C6H12N2OS2/c1-9-6-4-5-8(7-6)11(2,3)10/h4-5,10H,1-3H3. The third kappa shape index (κ3) is 2.07. The lowest BCUT2D eigenvalue weighted by molar-refractivity contribution is 0.396. The number of methoxy groups -OCH3 is 1. The third-order valence-corrected chi connectivity index (χ3v) is 2.83. The van der Waals surface area contributed by atoms with E-state index >= 15 is 0 Å². The molecular formula is C6H12N2OS2. The molecule has 1 heterocycles.